The van der Waals surface area contributed by atoms with Gasteiger partial charge in [0.25, 0.3) is 0 Å². The number of benzene rings is 1. The maximum absolute atomic E-state index is 2.29. The first kappa shape index (κ1) is 12.2. The maximum atomic E-state index is 2.29. The number of hydrogen-bond donors (Lipinski definition) is 0. The molecule has 0 fully saturated rings. The molecular formula is C13H22. The Bertz CT molecular complexity index is 188. The summed E-state index contributed by atoms with van der Waals surface area (Å²) in [6.07, 6.45) is 2.57. The van der Waals surface area contributed by atoms with Crippen molar-refractivity contribution in [3.05, 3.63) is 35.9 Å². The van der Waals surface area contributed by atoms with Crippen LogP contribution in [-0.2, 0) is 0 Å². The molecule has 74 valence electrons. The summed E-state index contributed by atoms with van der Waals surface area (Å²) in [6.45, 7) is 8.53. The Hall–Kier alpha value is -0.780. The first-order chi connectivity index (χ1) is 6.34. The van der Waals surface area contributed by atoms with Crippen LogP contribution in [0.2, 0.25) is 0 Å². The molecule has 0 aromatic heterocycles. The molecule has 0 aliphatic carbocycles. The van der Waals surface area contributed by atoms with Crippen molar-refractivity contribution in [2.75, 3.05) is 0 Å². The molecule has 1 aromatic rings. The zero-order valence-corrected chi connectivity index (χ0v) is 9.38. The van der Waals surface area contributed by atoms with Gasteiger partial charge in [-0.05, 0) is 17.9 Å². The Morgan fingerprint density at radius 2 is 1.62 bits per heavy atom. The summed E-state index contributed by atoms with van der Waals surface area (Å²) in [6, 6.07) is 10.7. The molecule has 0 spiro atoms. The van der Waals surface area contributed by atoms with Crippen molar-refractivity contribution < 1.29 is 0 Å². The van der Waals surface area contributed by atoms with Gasteiger partial charge < -0.3 is 0 Å². The molecule has 0 heterocycles. The SMILES string of the molecule is CC.CCC[C@H](C)c1ccccc1. The van der Waals surface area contributed by atoms with Gasteiger partial charge in [-0.1, -0.05) is 64.4 Å². The van der Waals surface area contributed by atoms with Crippen LogP contribution in [0.4, 0.5) is 0 Å². The Morgan fingerprint density at radius 1 is 1.08 bits per heavy atom. The molecule has 1 atom stereocenters. The van der Waals surface area contributed by atoms with Gasteiger partial charge in [0.2, 0.25) is 0 Å². The minimum atomic E-state index is 0.723. The topological polar surface area (TPSA) is 0 Å². The lowest BCUT2D eigenvalue weighted by atomic mass is 9.97. The molecule has 1 aromatic carbocycles. The highest BCUT2D eigenvalue weighted by atomic mass is 14.1. The predicted octanol–water partition coefficient (Wildman–Crippen LogP) is 4.62. The number of hydrogen-bond acceptors (Lipinski definition) is 0. The summed E-state index contributed by atoms with van der Waals surface area (Å²) in [5.74, 6) is 0.723. The normalized spacial score (nSPS) is 11.4. The van der Waals surface area contributed by atoms with E-state index in [0.717, 1.165) is 5.92 Å². The van der Waals surface area contributed by atoms with E-state index in [4.69, 9.17) is 0 Å². The fraction of sp³-hybridized carbons (Fsp3) is 0.538. The molecule has 0 heteroatoms. The average Bonchev–Trinajstić information content (AvgIpc) is 2.23. The molecule has 0 aliphatic rings. The van der Waals surface area contributed by atoms with E-state index >= 15 is 0 Å². The van der Waals surface area contributed by atoms with Gasteiger partial charge in [0.15, 0.2) is 0 Å². The van der Waals surface area contributed by atoms with E-state index in [1.807, 2.05) is 13.8 Å². The van der Waals surface area contributed by atoms with Crippen LogP contribution in [0.5, 0.6) is 0 Å². The summed E-state index contributed by atoms with van der Waals surface area (Å²) in [5.41, 5.74) is 1.47. The van der Waals surface area contributed by atoms with Crippen molar-refractivity contribution in [2.45, 2.75) is 46.5 Å². The molecule has 0 bridgehead atoms. The highest BCUT2D eigenvalue weighted by Crippen LogP contribution is 2.19. The molecule has 0 nitrogen and oxygen atoms in total. The van der Waals surface area contributed by atoms with Crippen molar-refractivity contribution in [1.82, 2.24) is 0 Å². The van der Waals surface area contributed by atoms with Crippen molar-refractivity contribution in [2.24, 2.45) is 0 Å². The molecule has 1 rings (SSSR count). The number of rotatable bonds is 3. The average molecular weight is 178 g/mol. The van der Waals surface area contributed by atoms with Crippen LogP contribution in [0.25, 0.3) is 0 Å². The van der Waals surface area contributed by atoms with Gasteiger partial charge in [-0.3, -0.25) is 0 Å². The van der Waals surface area contributed by atoms with Gasteiger partial charge in [0.05, 0.1) is 0 Å². The second-order valence-electron chi connectivity index (χ2n) is 3.10. The standard InChI is InChI=1S/C11H16.C2H6/c1-3-7-10(2)11-8-5-4-6-9-11;1-2/h4-6,8-10H,3,7H2,1-2H3;1-2H3/t10-;/m0./s1. The lowest BCUT2D eigenvalue weighted by molar-refractivity contribution is 0.665. The molecule has 0 saturated carbocycles. The van der Waals surface area contributed by atoms with Crippen LogP contribution in [0.3, 0.4) is 0 Å². The summed E-state index contributed by atoms with van der Waals surface area (Å²) in [4.78, 5) is 0. The van der Waals surface area contributed by atoms with E-state index in [0.29, 0.717) is 0 Å². The first-order valence-corrected chi connectivity index (χ1v) is 5.39. The van der Waals surface area contributed by atoms with Gasteiger partial charge in [-0.2, -0.15) is 0 Å². The maximum Gasteiger partial charge on any atom is -0.0190 e. The third-order valence-electron chi connectivity index (χ3n) is 2.09. The molecular weight excluding hydrogens is 156 g/mol. The molecule has 0 aliphatic heterocycles. The minimum absolute atomic E-state index is 0.723. The zero-order valence-electron chi connectivity index (χ0n) is 9.38. The van der Waals surface area contributed by atoms with Crippen molar-refractivity contribution in [3.63, 3.8) is 0 Å². The molecule has 13 heavy (non-hydrogen) atoms. The van der Waals surface area contributed by atoms with Crippen LogP contribution in [-0.4, -0.2) is 0 Å². The monoisotopic (exact) mass is 178 g/mol. The Balaban J connectivity index is 0.000000671. The molecule has 0 saturated heterocycles. The van der Waals surface area contributed by atoms with E-state index in [2.05, 4.69) is 44.2 Å². The largest absolute Gasteiger partial charge is 0.0683 e. The first-order valence-electron chi connectivity index (χ1n) is 5.39. The van der Waals surface area contributed by atoms with E-state index in [-0.39, 0.29) is 0 Å². The van der Waals surface area contributed by atoms with Crippen molar-refractivity contribution in [1.29, 1.82) is 0 Å². The second-order valence-corrected chi connectivity index (χ2v) is 3.10. The summed E-state index contributed by atoms with van der Waals surface area (Å²) < 4.78 is 0. The Morgan fingerprint density at radius 3 is 2.08 bits per heavy atom. The van der Waals surface area contributed by atoms with Crippen LogP contribution < -0.4 is 0 Å². The molecule has 0 radical (unpaired) electrons. The minimum Gasteiger partial charge on any atom is -0.0683 e. The quantitative estimate of drug-likeness (QED) is 0.633. The van der Waals surface area contributed by atoms with Gasteiger partial charge in [-0.25, -0.2) is 0 Å². The molecule has 0 N–H and O–H groups in total. The van der Waals surface area contributed by atoms with Crippen LogP contribution in [0, 0.1) is 0 Å². The summed E-state index contributed by atoms with van der Waals surface area (Å²) in [5, 5.41) is 0. The Kier molecular flexibility index (Phi) is 7.38. The fourth-order valence-electron chi connectivity index (χ4n) is 1.38. The Labute approximate surface area is 83.0 Å². The lowest BCUT2D eigenvalue weighted by Gasteiger charge is -2.08. The van der Waals surface area contributed by atoms with Gasteiger partial charge in [0.1, 0.15) is 0 Å². The third kappa shape index (κ3) is 4.72. The smallest absolute Gasteiger partial charge is 0.0190 e. The van der Waals surface area contributed by atoms with E-state index < -0.39 is 0 Å². The second kappa shape index (κ2) is 7.85. The van der Waals surface area contributed by atoms with Crippen molar-refractivity contribution in [3.8, 4) is 0 Å². The highest BCUT2D eigenvalue weighted by Gasteiger charge is 2.01. The van der Waals surface area contributed by atoms with E-state index in [1.54, 1.807) is 0 Å². The van der Waals surface area contributed by atoms with Crippen LogP contribution in [0.15, 0.2) is 30.3 Å². The summed E-state index contributed by atoms with van der Waals surface area (Å²) >= 11 is 0. The van der Waals surface area contributed by atoms with E-state index in [1.165, 1.54) is 18.4 Å². The predicted molar refractivity (Wildman–Crippen MR) is 61.1 cm³/mol. The zero-order chi connectivity index (χ0) is 10.1. The van der Waals surface area contributed by atoms with E-state index in [9.17, 15) is 0 Å². The van der Waals surface area contributed by atoms with Crippen LogP contribution >= 0.6 is 0 Å². The third-order valence-corrected chi connectivity index (χ3v) is 2.09. The van der Waals surface area contributed by atoms with Gasteiger partial charge >= 0.3 is 0 Å². The molecule has 0 unspecified atom stereocenters. The van der Waals surface area contributed by atoms with Crippen molar-refractivity contribution >= 4 is 0 Å². The fourth-order valence-corrected chi connectivity index (χ4v) is 1.38. The molecule has 0 amide bonds. The van der Waals surface area contributed by atoms with Gasteiger partial charge in [0, 0.05) is 0 Å². The lowest BCUT2D eigenvalue weighted by Crippen LogP contribution is -1.91. The summed E-state index contributed by atoms with van der Waals surface area (Å²) in [7, 11) is 0. The highest BCUT2D eigenvalue weighted by molar-refractivity contribution is 5.18. The van der Waals surface area contributed by atoms with Crippen LogP contribution in [0.1, 0.15) is 52.0 Å². The van der Waals surface area contributed by atoms with Gasteiger partial charge in [-0.15, -0.1) is 0 Å².